The molecule has 3 heterocycles. The van der Waals surface area contributed by atoms with Gasteiger partial charge >= 0.3 is 6.18 Å². The van der Waals surface area contributed by atoms with Gasteiger partial charge in [0.25, 0.3) is 5.91 Å². The molecule has 0 aliphatic carbocycles. The highest BCUT2D eigenvalue weighted by atomic mass is 19.4. The van der Waals surface area contributed by atoms with E-state index >= 15 is 0 Å². The van der Waals surface area contributed by atoms with Crippen molar-refractivity contribution in [2.24, 2.45) is 0 Å². The summed E-state index contributed by atoms with van der Waals surface area (Å²) in [5.41, 5.74) is 0.570. The molecule has 1 aromatic carbocycles. The van der Waals surface area contributed by atoms with E-state index in [2.05, 4.69) is 20.6 Å². The largest absolute Gasteiger partial charge is 0.417 e. The summed E-state index contributed by atoms with van der Waals surface area (Å²) in [6.07, 6.45) is -0.998. The van der Waals surface area contributed by atoms with Crippen molar-refractivity contribution in [3.05, 3.63) is 65.4 Å². The minimum atomic E-state index is -4.49. The van der Waals surface area contributed by atoms with Crippen LogP contribution < -0.4 is 10.2 Å². The van der Waals surface area contributed by atoms with Crippen molar-refractivity contribution in [2.45, 2.75) is 32.0 Å². The Kier molecular flexibility index (Phi) is 5.81. The topological polar surface area (TPSA) is 75.9 Å². The van der Waals surface area contributed by atoms with Gasteiger partial charge in [0.1, 0.15) is 5.82 Å². The van der Waals surface area contributed by atoms with Gasteiger partial charge in [0.05, 0.1) is 17.4 Å². The van der Waals surface area contributed by atoms with Crippen molar-refractivity contribution in [3.8, 4) is 5.82 Å². The molecule has 1 aliphatic heterocycles. The first-order chi connectivity index (χ1) is 15.2. The number of carbonyl (C=O) groups excluding carboxylic acids is 1. The van der Waals surface area contributed by atoms with Crippen molar-refractivity contribution < 1.29 is 22.4 Å². The lowest BCUT2D eigenvalue weighted by Gasteiger charge is -2.35. The van der Waals surface area contributed by atoms with Gasteiger partial charge in [0.15, 0.2) is 11.5 Å². The van der Waals surface area contributed by atoms with Crippen LogP contribution in [0.2, 0.25) is 0 Å². The van der Waals surface area contributed by atoms with Crippen LogP contribution in [0.25, 0.3) is 5.82 Å². The lowest BCUT2D eigenvalue weighted by Crippen LogP contribution is -2.48. The molecule has 1 aliphatic rings. The number of benzene rings is 1. The lowest BCUT2D eigenvalue weighted by atomic mass is 10.0. The molecular formula is C21H20F4N6O. The fourth-order valence-electron chi connectivity index (χ4n) is 3.61. The molecule has 168 valence electrons. The Bertz CT molecular complexity index is 1110. The van der Waals surface area contributed by atoms with Gasteiger partial charge in [0, 0.05) is 25.3 Å². The summed E-state index contributed by atoms with van der Waals surface area (Å²) in [5, 5.41) is 10.5. The Labute approximate surface area is 181 Å². The van der Waals surface area contributed by atoms with E-state index in [1.54, 1.807) is 12.1 Å². The molecule has 1 saturated heterocycles. The standard InChI is InChI=1S/C21H20F4N6O/c1-13-4-6-16(22)18(9-13)30-8-2-3-15(11-30)27-20(32)17-12-31(29-28-17)19-7-5-14(10-26-19)21(23,24)25/h4-7,9-10,12,15H,2-3,8,11H2,1H3,(H,27,32). The zero-order chi connectivity index (χ0) is 22.9. The number of halogens is 4. The van der Waals surface area contributed by atoms with E-state index in [-0.39, 0.29) is 23.4 Å². The molecule has 0 radical (unpaired) electrons. The number of alkyl halides is 3. The third-order valence-electron chi connectivity index (χ3n) is 5.23. The van der Waals surface area contributed by atoms with Crippen LogP contribution in [0.3, 0.4) is 0 Å². The maximum atomic E-state index is 14.2. The minimum Gasteiger partial charge on any atom is -0.367 e. The number of pyridine rings is 1. The SMILES string of the molecule is Cc1ccc(F)c(N2CCCC(NC(=O)c3cn(-c4ccc(C(F)(F)F)cn4)nn3)C2)c1. The average Bonchev–Trinajstić information content (AvgIpc) is 3.26. The normalized spacial score (nSPS) is 16.8. The monoisotopic (exact) mass is 448 g/mol. The Morgan fingerprint density at radius 3 is 2.75 bits per heavy atom. The summed E-state index contributed by atoms with van der Waals surface area (Å²) in [5.74, 6) is -0.683. The second-order valence-corrected chi connectivity index (χ2v) is 7.66. The van der Waals surface area contributed by atoms with E-state index in [1.807, 2.05) is 11.8 Å². The molecule has 2 aromatic heterocycles. The van der Waals surface area contributed by atoms with Crippen LogP contribution in [-0.4, -0.2) is 45.0 Å². The van der Waals surface area contributed by atoms with Crippen LogP contribution in [0, 0.1) is 12.7 Å². The van der Waals surface area contributed by atoms with Gasteiger partial charge in [-0.1, -0.05) is 11.3 Å². The summed E-state index contributed by atoms with van der Waals surface area (Å²) < 4.78 is 53.4. The van der Waals surface area contributed by atoms with E-state index in [4.69, 9.17) is 0 Å². The second kappa shape index (κ2) is 8.56. The number of amides is 1. The summed E-state index contributed by atoms with van der Waals surface area (Å²) >= 11 is 0. The predicted octanol–water partition coefficient (Wildman–Crippen LogP) is 3.53. The molecule has 11 heteroatoms. The highest BCUT2D eigenvalue weighted by molar-refractivity contribution is 5.92. The number of piperidine rings is 1. The Hall–Kier alpha value is -3.50. The highest BCUT2D eigenvalue weighted by Gasteiger charge is 2.31. The van der Waals surface area contributed by atoms with E-state index in [9.17, 15) is 22.4 Å². The van der Waals surface area contributed by atoms with Crippen molar-refractivity contribution in [1.29, 1.82) is 0 Å². The molecule has 0 saturated carbocycles. The third-order valence-corrected chi connectivity index (χ3v) is 5.23. The molecule has 1 N–H and O–H groups in total. The predicted molar refractivity (Wildman–Crippen MR) is 108 cm³/mol. The second-order valence-electron chi connectivity index (χ2n) is 7.66. The van der Waals surface area contributed by atoms with Crippen molar-refractivity contribution in [2.75, 3.05) is 18.0 Å². The molecule has 1 fully saturated rings. The third kappa shape index (κ3) is 4.71. The van der Waals surface area contributed by atoms with Gasteiger partial charge in [0.2, 0.25) is 0 Å². The zero-order valence-electron chi connectivity index (χ0n) is 17.1. The first-order valence-electron chi connectivity index (χ1n) is 9.98. The number of aryl methyl sites for hydroxylation is 1. The molecule has 32 heavy (non-hydrogen) atoms. The first kappa shape index (κ1) is 21.7. The van der Waals surface area contributed by atoms with Gasteiger partial charge in [-0.2, -0.15) is 13.2 Å². The van der Waals surface area contributed by atoms with Crippen LogP contribution in [0.4, 0.5) is 23.2 Å². The number of rotatable bonds is 4. The fraction of sp³-hybridized carbons (Fsp3) is 0.333. The highest BCUT2D eigenvalue weighted by Crippen LogP contribution is 2.28. The van der Waals surface area contributed by atoms with Crippen molar-refractivity contribution in [3.63, 3.8) is 0 Å². The zero-order valence-corrected chi connectivity index (χ0v) is 17.1. The van der Waals surface area contributed by atoms with Crippen LogP contribution in [0.15, 0.2) is 42.7 Å². The van der Waals surface area contributed by atoms with Gasteiger partial charge < -0.3 is 10.2 Å². The lowest BCUT2D eigenvalue weighted by molar-refractivity contribution is -0.137. The fourth-order valence-corrected chi connectivity index (χ4v) is 3.61. The molecule has 0 bridgehead atoms. The van der Waals surface area contributed by atoms with Crippen molar-refractivity contribution >= 4 is 11.6 Å². The quantitative estimate of drug-likeness (QED) is 0.618. The molecular weight excluding hydrogens is 428 g/mol. The molecule has 1 atom stereocenters. The molecule has 1 amide bonds. The molecule has 3 aromatic rings. The molecule has 7 nitrogen and oxygen atoms in total. The number of hydrogen-bond acceptors (Lipinski definition) is 5. The number of anilines is 1. The van der Waals surface area contributed by atoms with E-state index in [0.29, 0.717) is 25.0 Å². The smallest absolute Gasteiger partial charge is 0.367 e. The molecule has 4 rings (SSSR count). The number of nitrogens with zero attached hydrogens (tertiary/aromatic N) is 5. The van der Waals surface area contributed by atoms with Crippen LogP contribution in [0.1, 0.15) is 34.5 Å². The minimum absolute atomic E-state index is 0.00515. The summed E-state index contributed by atoms with van der Waals surface area (Å²) in [6, 6.07) is 6.73. The van der Waals surface area contributed by atoms with E-state index < -0.39 is 17.6 Å². The Morgan fingerprint density at radius 1 is 1.22 bits per heavy atom. The number of carbonyl (C=O) groups is 1. The first-order valence-corrected chi connectivity index (χ1v) is 9.98. The number of aromatic nitrogens is 4. The van der Waals surface area contributed by atoms with Gasteiger partial charge in [-0.3, -0.25) is 4.79 Å². The van der Waals surface area contributed by atoms with Crippen LogP contribution in [0.5, 0.6) is 0 Å². The van der Waals surface area contributed by atoms with Gasteiger partial charge in [-0.25, -0.2) is 14.1 Å². The average molecular weight is 448 g/mol. The van der Waals surface area contributed by atoms with Crippen LogP contribution >= 0.6 is 0 Å². The maximum Gasteiger partial charge on any atom is 0.417 e. The summed E-state index contributed by atoms with van der Waals surface area (Å²) in [6.45, 7) is 3.02. The van der Waals surface area contributed by atoms with Crippen molar-refractivity contribution in [1.82, 2.24) is 25.3 Å². The number of nitrogens with one attached hydrogen (secondary N) is 1. The molecule has 0 spiro atoms. The number of hydrogen-bond donors (Lipinski definition) is 1. The summed E-state index contributed by atoms with van der Waals surface area (Å²) in [7, 11) is 0. The van der Waals surface area contributed by atoms with E-state index in [1.165, 1.54) is 12.3 Å². The van der Waals surface area contributed by atoms with Gasteiger partial charge in [-0.15, -0.1) is 5.10 Å². The van der Waals surface area contributed by atoms with E-state index in [0.717, 1.165) is 35.2 Å². The Morgan fingerprint density at radius 2 is 2.03 bits per heavy atom. The van der Waals surface area contributed by atoms with Gasteiger partial charge in [-0.05, 0) is 49.6 Å². The van der Waals surface area contributed by atoms with Crippen LogP contribution in [-0.2, 0) is 6.18 Å². The Balaban J connectivity index is 1.42. The maximum absolute atomic E-state index is 14.2. The molecule has 1 unspecified atom stereocenters. The summed E-state index contributed by atoms with van der Waals surface area (Å²) in [4.78, 5) is 18.3.